The molecule has 0 aromatic heterocycles. The van der Waals surface area contributed by atoms with E-state index in [1.165, 1.54) is 0 Å². The summed E-state index contributed by atoms with van der Waals surface area (Å²) in [6.45, 7) is 4.87. The van der Waals surface area contributed by atoms with Crippen LogP contribution in [0.1, 0.15) is 20.3 Å². The maximum atomic E-state index is 9.25. The van der Waals surface area contributed by atoms with E-state index in [0.29, 0.717) is 0 Å². The molecule has 0 amide bonds. The Morgan fingerprint density at radius 1 is 1.56 bits per heavy atom. The van der Waals surface area contributed by atoms with Crippen LogP contribution in [0.4, 0.5) is 0 Å². The fourth-order valence-electron chi connectivity index (χ4n) is 1.00. The highest BCUT2D eigenvalue weighted by atomic mass is 16.3. The van der Waals surface area contributed by atoms with Crippen LogP contribution >= 0.6 is 0 Å². The minimum absolute atomic E-state index is 0.203. The highest BCUT2D eigenvalue weighted by Gasteiger charge is 2.12. The molecule has 9 heavy (non-hydrogen) atoms. The number of hydrogen-bond acceptors (Lipinski definition) is 2. The third-order valence-electron chi connectivity index (χ3n) is 1.90. The van der Waals surface area contributed by atoms with E-state index in [0.717, 1.165) is 24.2 Å². The monoisotopic (exact) mass is 127 g/mol. The fourth-order valence-corrected chi connectivity index (χ4v) is 1.00. The lowest BCUT2D eigenvalue weighted by molar-refractivity contribution is 0.191. The van der Waals surface area contributed by atoms with Gasteiger partial charge < -0.3 is 10.4 Å². The molecule has 0 radical (unpaired) electrons. The molecule has 1 unspecified atom stereocenters. The standard InChI is InChI=1S/C7H13NO/c1-5-6(2)8-4-3-7(5)9/h7-9H,3-4H2,1-2H3. The van der Waals surface area contributed by atoms with Crippen LogP contribution in [-0.4, -0.2) is 17.8 Å². The molecule has 0 aromatic rings. The molecule has 0 aliphatic carbocycles. The van der Waals surface area contributed by atoms with Gasteiger partial charge in [-0.25, -0.2) is 0 Å². The van der Waals surface area contributed by atoms with E-state index in [9.17, 15) is 5.11 Å². The van der Waals surface area contributed by atoms with E-state index in [1.807, 2.05) is 13.8 Å². The number of aliphatic hydroxyl groups excluding tert-OH is 1. The third-order valence-corrected chi connectivity index (χ3v) is 1.90. The van der Waals surface area contributed by atoms with E-state index in [-0.39, 0.29) is 6.10 Å². The largest absolute Gasteiger partial charge is 0.389 e. The van der Waals surface area contributed by atoms with Crippen molar-refractivity contribution in [2.75, 3.05) is 6.54 Å². The van der Waals surface area contributed by atoms with Crippen molar-refractivity contribution in [2.45, 2.75) is 26.4 Å². The lowest BCUT2D eigenvalue weighted by atomic mass is 10.0. The molecule has 1 rings (SSSR count). The second kappa shape index (κ2) is 2.40. The first-order valence-corrected chi connectivity index (χ1v) is 3.31. The number of hydrogen-bond donors (Lipinski definition) is 2. The van der Waals surface area contributed by atoms with Gasteiger partial charge in [0.05, 0.1) is 6.10 Å². The molecule has 0 bridgehead atoms. The van der Waals surface area contributed by atoms with Gasteiger partial charge in [-0.2, -0.15) is 0 Å². The summed E-state index contributed by atoms with van der Waals surface area (Å²) in [6, 6.07) is 0. The van der Waals surface area contributed by atoms with Crippen LogP contribution in [0.5, 0.6) is 0 Å². The van der Waals surface area contributed by atoms with Gasteiger partial charge in [0.15, 0.2) is 0 Å². The molecule has 1 heterocycles. The molecule has 1 aliphatic heterocycles. The maximum Gasteiger partial charge on any atom is 0.0783 e. The van der Waals surface area contributed by atoms with Crippen LogP contribution in [0.25, 0.3) is 0 Å². The fraction of sp³-hybridized carbons (Fsp3) is 0.714. The Kier molecular flexibility index (Phi) is 1.76. The van der Waals surface area contributed by atoms with Crippen molar-refractivity contribution in [1.29, 1.82) is 0 Å². The van der Waals surface area contributed by atoms with Gasteiger partial charge in [0.25, 0.3) is 0 Å². The lowest BCUT2D eigenvalue weighted by Gasteiger charge is -2.21. The van der Waals surface area contributed by atoms with Crippen molar-refractivity contribution < 1.29 is 5.11 Å². The molecule has 1 aliphatic rings. The molecule has 0 aromatic carbocycles. The Morgan fingerprint density at radius 2 is 2.22 bits per heavy atom. The zero-order valence-electron chi connectivity index (χ0n) is 5.94. The Balaban J connectivity index is 2.72. The molecule has 52 valence electrons. The van der Waals surface area contributed by atoms with Crippen molar-refractivity contribution in [2.24, 2.45) is 0 Å². The number of rotatable bonds is 0. The van der Waals surface area contributed by atoms with Gasteiger partial charge in [-0.15, -0.1) is 0 Å². The average molecular weight is 127 g/mol. The summed E-state index contributed by atoms with van der Waals surface area (Å²) in [4.78, 5) is 0. The van der Waals surface area contributed by atoms with Crippen LogP contribution in [0, 0.1) is 0 Å². The molecule has 0 spiro atoms. The van der Waals surface area contributed by atoms with E-state index >= 15 is 0 Å². The predicted molar refractivity (Wildman–Crippen MR) is 37.0 cm³/mol. The van der Waals surface area contributed by atoms with Crippen molar-refractivity contribution in [3.8, 4) is 0 Å². The van der Waals surface area contributed by atoms with Gasteiger partial charge in [0.1, 0.15) is 0 Å². The van der Waals surface area contributed by atoms with E-state index in [2.05, 4.69) is 5.32 Å². The van der Waals surface area contributed by atoms with Gasteiger partial charge in [-0.1, -0.05) is 0 Å². The molecule has 0 fully saturated rings. The van der Waals surface area contributed by atoms with Crippen LogP contribution in [0.3, 0.4) is 0 Å². The molecule has 2 N–H and O–H groups in total. The van der Waals surface area contributed by atoms with E-state index < -0.39 is 0 Å². The topological polar surface area (TPSA) is 32.3 Å². The zero-order chi connectivity index (χ0) is 6.85. The number of allylic oxidation sites excluding steroid dienone is 1. The Bertz CT molecular complexity index is 140. The molecular weight excluding hydrogens is 114 g/mol. The lowest BCUT2D eigenvalue weighted by Crippen LogP contribution is -2.28. The normalized spacial score (nSPS) is 28.1. The van der Waals surface area contributed by atoms with Gasteiger partial charge in [-0.05, 0) is 25.8 Å². The Labute approximate surface area is 55.6 Å². The first kappa shape index (κ1) is 6.62. The summed E-state index contributed by atoms with van der Waals surface area (Å²) < 4.78 is 0. The molecule has 2 heteroatoms. The quantitative estimate of drug-likeness (QED) is 0.500. The van der Waals surface area contributed by atoms with Crippen molar-refractivity contribution >= 4 is 0 Å². The van der Waals surface area contributed by atoms with Gasteiger partial charge in [0.2, 0.25) is 0 Å². The second-order valence-corrected chi connectivity index (χ2v) is 2.54. The van der Waals surface area contributed by atoms with Crippen LogP contribution in [-0.2, 0) is 0 Å². The number of nitrogens with one attached hydrogen (secondary N) is 1. The van der Waals surface area contributed by atoms with Crippen molar-refractivity contribution in [3.63, 3.8) is 0 Å². The maximum absolute atomic E-state index is 9.25. The predicted octanol–water partition coefficient (Wildman–Crippen LogP) is 0.635. The SMILES string of the molecule is CC1=C(C)C(O)CCN1. The highest BCUT2D eigenvalue weighted by Crippen LogP contribution is 2.12. The summed E-state index contributed by atoms with van der Waals surface area (Å²) in [6.07, 6.45) is 0.648. The summed E-state index contributed by atoms with van der Waals surface area (Å²) in [5, 5.41) is 12.4. The Hall–Kier alpha value is -0.500. The minimum Gasteiger partial charge on any atom is -0.389 e. The van der Waals surface area contributed by atoms with Crippen LogP contribution in [0.2, 0.25) is 0 Å². The summed E-state index contributed by atoms with van der Waals surface area (Å²) >= 11 is 0. The average Bonchev–Trinajstić information content (AvgIpc) is 1.83. The highest BCUT2D eigenvalue weighted by molar-refractivity contribution is 5.15. The van der Waals surface area contributed by atoms with Gasteiger partial charge in [-0.3, -0.25) is 0 Å². The molecule has 2 nitrogen and oxygen atoms in total. The Morgan fingerprint density at radius 3 is 2.67 bits per heavy atom. The second-order valence-electron chi connectivity index (χ2n) is 2.54. The van der Waals surface area contributed by atoms with Crippen molar-refractivity contribution in [1.82, 2.24) is 5.32 Å². The van der Waals surface area contributed by atoms with E-state index in [1.54, 1.807) is 0 Å². The van der Waals surface area contributed by atoms with Gasteiger partial charge >= 0.3 is 0 Å². The molecular formula is C7H13NO. The first-order chi connectivity index (χ1) is 4.22. The third kappa shape index (κ3) is 1.24. The summed E-state index contributed by atoms with van der Waals surface area (Å²) in [5.74, 6) is 0. The summed E-state index contributed by atoms with van der Waals surface area (Å²) in [5.41, 5.74) is 2.22. The first-order valence-electron chi connectivity index (χ1n) is 3.31. The van der Waals surface area contributed by atoms with Crippen molar-refractivity contribution in [3.05, 3.63) is 11.3 Å². The smallest absolute Gasteiger partial charge is 0.0783 e. The summed E-state index contributed by atoms with van der Waals surface area (Å²) in [7, 11) is 0. The minimum atomic E-state index is -0.203. The zero-order valence-corrected chi connectivity index (χ0v) is 5.94. The molecule has 1 atom stereocenters. The van der Waals surface area contributed by atoms with Crippen LogP contribution in [0.15, 0.2) is 11.3 Å². The molecule has 0 saturated carbocycles. The van der Waals surface area contributed by atoms with Gasteiger partial charge in [0, 0.05) is 12.2 Å². The van der Waals surface area contributed by atoms with Crippen LogP contribution < -0.4 is 5.32 Å². The number of aliphatic hydroxyl groups is 1. The van der Waals surface area contributed by atoms with E-state index in [4.69, 9.17) is 0 Å². The molecule has 0 saturated heterocycles.